The number of rotatable bonds is 1. The Morgan fingerprint density at radius 1 is 1.33 bits per heavy atom. The van der Waals surface area contributed by atoms with E-state index in [1.54, 1.807) is 5.01 Å². The summed E-state index contributed by atoms with van der Waals surface area (Å²) in [5.74, 6) is 0.447. The molecule has 1 heterocycles. The first kappa shape index (κ1) is 9.71. The number of para-hydroxylation sites is 1. The highest BCUT2D eigenvalue weighted by atomic mass is 15.5. The van der Waals surface area contributed by atoms with Crippen LogP contribution >= 0.6 is 0 Å². The maximum atomic E-state index is 5.86. The van der Waals surface area contributed by atoms with Crippen LogP contribution in [-0.4, -0.2) is 18.2 Å². The molecule has 0 radical (unpaired) electrons. The molecule has 1 aliphatic heterocycles. The minimum atomic E-state index is 0.197. The van der Waals surface area contributed by atoms with Gasteiger partial charge in [-0.3, -0.25) is 0 Å². The van der Waals surface area contributed by atoms with Crippen LogP contribution in [0.15, 0.2) is 40.4 Å². The molecule has 2 rings (SSSR count). The Kier molecular flexibility index (Phi) is 2.67. The van der Waals surface area contributed by atoms with Gasteiger partial charge in [-0.15, -0.1) is 0 Å². The average molecular weight is 202 g/mol. The monoisotopic (exact) mass is 202 g/mol. The normalized spacial score (nSPS) is 21.0. The summed E-state index contributed by atoms with van der Waals surface area (Å²) in [6.07, 6.45) is 2.67. The fourth-order valence-corrected chi connectivity index (χ4v) is 1.44. The first-order valence-corrected chi connectivity index (χ1v) is 4.98. The number of hydrogen-bond acceptors (Lipinski definition) is 4. The number of guanidine groups is 1. The second-order valence-electron chi connectivity index (χ2n) is 3.52. The highest BCUT2D eigenvalue weighted by Gasteiger charge is 2.12. The number of anilines is 1. The molecular formula is C11H14N4. The molecule has 0 aliphatic carbocycles. The van der Waals surface area contributed by atoms with Crippen molar-refractivity contribution in [3.8, 4) is 0 Å². The average Bonchev–Trinajstić information content (AvgIpc) is 2.40. The lowest BCUT2D eigenvalue weighted by Crippen LogP contribution is -2.33. The molecule has 4 nitrogen and oxygen atoms in total. The largest absolute Gasteiger partial charge is 0.368 e. The van der Waals surface area contributed by atoms with Crippen molar-refractivity contribution in [2.24, 2.45) is 15.8 Å². The second-order valence-corrected chi connectivity index (χ2v) is 3.52. The quantitative estimate of drug-likeness (QED) is 0.751. The van der Waals surface area contributed by atoms with Gasteiger partial charge in [-0.05, 0) is 19.1 Å². The predicted octanol–water partition coefficient (Wildman–Crippen LogP) is 1.59. The van der Waals surface area contributed by atoms with Crippen molar-refractivity contribution < 1.29 is 0 Å². The number of hydrogen-bond donors (Lipinski definition) is 1. The third kappa shape index (κ3) is 2.15. The van der Waals surface area contributed by atoms with Gasteiger partial charge in [-0.25, -0.2) is 10.0 Å². The van der Waals surface area contributed by atoms with E-state index in [0.29, 0.717) is 5.96 Å². The van der Waals surface area contributed by atoms with Crippen LogP contribution in [0, 0.1) is 0 Å². The second kappa shape index (κ2) is 4.13. The minimum absolute atomic E-state index is 0.197. The van der Waals surface area contributed by atoms with Crippen LogP contribution in [0.3, 0.4) is 0 Å². The maximum absolute atomic E-state index is 5.86. The molecule has 0 aromatic heterocycles. The van der Waals surface area contributed by atoms with Gasteiger partial charge in [0.15, 0.2) is 0 Å². The van der Waals surface area contributed by atoms with Crippen molar-refractivity contribution in [2.45, 2.75) is 19.4 Å². The molecule has 4 heteroatoms. The summed E-state index contributed by atoms with van der Waals surface area (Å²) in [7, 11) is 0. The van der Waals surface area contributed by atoms with Crippen molar-refractivity contribution in [3.63, 3.8) is 0 Å². The van der Waals surface area contributed by atoms with E-state index in [2.05, 4.69) is 10.1 Å². The molecule has 0 saturated carbocycles. The van der Waals surface area contributed by atoms with Crippen LogP contribution < -0.4 is 10.7 Å². The van der Waals surface area contributed by atoms with E-state index >= 15 is 0 Å². The number of aliphatic imine (C=N–C) groups is 1. The zero-order valence-corrected chi connectivity index (χ0v) is 8.67. The molecule has 2 N–H and O–H groups in total. The van der Waals surface area contributed by atoms with Crippen molar-refractivity contribution in [3.05, 3.63) is 30.3 Å². The molecule has 1 aromatic rings. The fraction of sp³-hybridized carbons (Fsp3) is 0.273. The van der Waals surface area contributed by atoms with Gasteiger partial charge >= 0.3 is 0 Å². The summed E-state index contributed by atoms with van der Waals surface area (Å²) in [6, 6.07) is 9.97. The van der Waals surface area contributed by atoms with Crippen LogP contribution in [0.4, 0.5) is 5.69 Å². The Bertz CT molecular complexity index is 383. The molecule has 0 saturated heterocycles. The lowest BCUT2D eigenvalue weighted by molar-refractivity contribution is 0.790. The molecule has 1 unspecified atom stereocenters. The maximum Gasteiger partial charge on any atom is 0.217 e. The Hall–Kier alpha value is -1.84. The van der Waals surface area contributed by atoms with Gasteiger partial charge in [-0.1, -0.05) is 18.2 Å². The number of hydrazone groups is 1. The summed E-state index contributed by atoms with van der Waals surface area (Å²) < 4.78 is 0. The predicted molar refractivity (Wildman–Crippen MR) is 63.1 cm³/mol. The summed E-state index contributed by atoms with van der Waals surface area (Å²) in [4.78, 5) is 4.33. The van der Waals surface area contributed by atoms with Gasteiger partial charge in [0.05, 0.1) is 11.7 Å². The molecule has 0 bridgehead atoms. The first-order valence-electron chi connectivity index (χ1n) is 4.98. The van der Waals surface area contributed by atoms with Gasteiger partial charge in [0.1, 0.15) is 0 Å². The molecule has 0 spiro atoms. The van der Waals surface area contributed by atoms with Gasteiger partial charge in [0, 0.05) is 12.6 Å². The van der Waals surface area contributed by atoms with E-state index in [-0.39, 0.29) is 6.04 Å². The van der Waals surface area contributed by atoms with Crippen LogP contribution in [0.1, 0.15) is 13.3 Å². The van der Waals surface area contributed by atoms with Crippen molar-refractivity contribution >= 4 is 17.9 Å². The van der Waals surface area contributed by atoms with Gasteiger partial charge < -0.3 is 5.73 Å². The molecule has 15 heavy (non-hydrogen) atoms. The number of benzene rings is 1. The van der Waals surface area contributed by atoms with E-state index in [1.165, 1.54) is 0 Å². The lowest BCUT2D eigenvalue weighted by atomic mass is 10.3. The zero-order chi connectivity index (χ0) is 10.7. The summed E-state index contributed by atoms with van der Waals surface area (Å²) in [5.41, 5.74) is 6.80. The first-order chi connectivity index (χ1) is 7.27. The van der Waals surface area contributed by atoms with Crippen molar-refractivity contribution in [2.75, 3.05) is 5.01 Å². The number of nitrogens with two attached hydrogens (primary N) is 1. The molecule has 78 valence electrons. The molecule has 1 aliphatic rings. The Labute approximate surface area is 89.1 Å². The van der Waals surface area contributed by atoms with Crippen molar-refractivity contribution in [1.82, 2.24) is 0 Å². The molecule has 1 atom stereocenters. The smallest absolute Gasteiger partial charge is 0.217 e. The third-order valence-electron chi connectivity index (χ3n) is 2.21. The molecular weight excluding hydrogens is 188 g/mol. The molecule has 1 aromatic carbocycles. The molecule has 0 amide bonds. The lowest BCUT2D eigenvalue weighted by Gasteiger charge is -2.16. The summed E-state index contributed by atoms with van der Waals surface area (Å²) in [6.45, 7) is 2.02. The van der Waals surface area contributed by atoms with Crippen molar-refractivity contribution in [1.29, 1.82) is 0 Å². The molecule has 0 fully saturated rings. The van der Waals surface area contributed by atoms with Crippen LogP contribution in [0.25, 0.3) is 0 Å². The van der Waals surface area contributed by atoms with E-state index in [0.717, 1.165) is 12.1 Å². The Balaban J connectivity index is 2.33. The summed E-state index contributed by atoms with van der Waals surface area (Å²) in [5, 5.41) is 5.93. The van der Waals surface area contributed by atoms with Crippen LogP contribution in [-0.2, 0) is 0 Å². The third-order valence-corrected chi connectivity index (χ3v) is 2.21. The topological polar surface area (TPSA) is 54.0 Å². The van der Waals surface area contributed by atoms with Gasteiger partial charge in [0.2, 0.25) is 5.96 Å². The van der Waals surface area contributed by atoms with Gasteiger partial charge in [0.25, 0.3) is 0 Å². The van der Waals surface area contributed by atoms with Gasteiger partial charge in [-0.2, -0.15) is 5.10 Å². The highest BCUT2D eigenvalue weighted by molar-refractivity contribution is 5.96. The minimum Gasteiger partial charge on any atom is -0.368 e. The SMILES string of the molecule is CC1CC=NN(c2ccccc2)C(N)=N1. The van der Waals surface area contributed by atoms with E-state index in [4.69, 9.17) is 5.73 Å². The Morgan fingerprint density at radius 3 is 2.80 bits per heavy atom. The zero-order valence-electron chi connectivity index (χ0n) is 8.67. The number of nitrogens with zero attached hydrogens (tertiary/aromatic N) is 3. The van der Waals surface area contributed by atoms with E-state index < -0.39 is 0 Å². The Morgan fingerprint density at radius 2 is 2.07 bits per heavy atom. The van der Waals surface area contributed by atoms with Crippen LogP contribution in [0.5, 0.6) is 0 Å². The highest BCUT2D eigenvalue weighted by Crippen LogP contribution is 2.15. The van der Waals surface area contributed by atoms with Crippen LogP contribution in [0.2, 0.25) is 0 Å². The fourth-order valence-electron chi connectivity index (χ4n) is 1.44. The summed E-state index contributed by atoms with van der Waals surface area (Å²) >= 11 is 0. The van der Waals surface area contributed by atoms with E-state index in [9.17, 15) is 0 Å². The van der Waals surface area contributed by atoms with E-state index in [1.807, 2.05) is 43.5 Å². The standard InChI is InChI=1S/C11H14N4/c1-9-7-8-13-15(11(12)14-9)10-5-3-2-4-6-10/h2-6,8-9H,7H2,1H3,(H2,12,14).